The summed E-state index contributed by atoms with van der Waals surface area (Å²) in [4.78, 5) is 45.1. The Morgan fingerprint density at radius 2 is 0.722 bits per heavy atom. The third-order valence-electron chi connectivity index (χ3n) is 2.08. The summed E-state index contributed by atoms with van der Waals surface area (Å²) < 4.78 is 0. The monoisotopic (exact) mass is 318 g/mol. The molecule has 0 aliphatic rings. The van der Waals surface area contributed by atoms with Crippen LogP contribution >= 0.6 is 50.5 Å². The van der Waals surface area contributed by atoms with E-state index in [0.717, 1.165) is 12.1 Å². The molecule has 0 aromatic heterocycles. The number of carbonyl (C=O) groups is 4. The third kappa shape index (κ3) is 3.19. The number of thiol groups is 4. The maximum atomic E-state index is 11.3. The van der Waals surface area contributed by atoms with E-state index in [1.54, 1.807) is 0 Å². The molecule has 0 aliphatic heterocycles. The van der Waals surface area contributed by atoms with Crippen LogP contribution in [0.2, 0.25) is 0 Å². The molecule has 0 unspecified atom stereocenters. The fraction of sp³-hybridized carbons (Fsp3) is 0. The van der Waals surface area contributed by atoms with E-state index < -0.39 is 20.5 Å². The number of carbonyl (C=O) groups excluding carboxylic acids is 4. The second kappa shape index (κ2) is 5.96. The fourth-order valence-corrected chi connectivity index (χ4v) is 2.05. The molecule has 94 valence electrons. The minimum atomic E-state index is -0.721. The van der Waals surface area contributed by atoms with Gasteiger partial charge in [-0.2, -0.15) is 0 Å². The Morgan fingerprint density at radius 1 is 0.556 bits per heavy atom. The lowest BCUT2D eigenvalue weighted by molar-refractivity contribution is 0.105. The second-order valence-electron chi connectivity index (χ2n) is 3.16. The summed E-state index contributed by atoms with van der Waals surface area (Å²) in [6, 6.07) is 2.16. The molecule has 0 N–H and O–H groups in total. The second-order valence-corrected chi connectivity index (χ2v) is 4.79. The lowest BCUT2D eigenvalue weighted by Crippen LogP contribution is -2.09. The molecule has 1 rings (SSSR count). The van der Waals surface area contributed by atoms with E-state index in [2.05, 4.69) is 50.5 Å². The lowest BCUT2D eigenvalue weighted by atomic mass is 10.0. The average molecular weight is 318 g/mol. The number of hydrogen-bond donors (Lipinski definition) is 4. The van der Waals surface area contributed by atoms with Crippen molar-refractivity contribution in [2.24, 2.45) is 0 Å². The predicted octanol–water partition coefficient (Wildman–Crippen LogP) is 1.97. The molecule has 0 bridgehead atoms. The summed E-state index contributed by atoms with van der Waals surface area (Å²) >= 11 is 14.4. The van der Waals surface area contributed by atoms with Gasteiger partial charge in [-0.3, -0.25) is 19.2 Å². The number of benzene rings is 1. The molecule has 0 radical (unpaired) electrons. The van der Waals surface area contributed by atoms with Gasteiger partial charge in [0.05, 0.1) is 0 Å². The maximum Gasteiger partial charge on any atom is 0.217 e. The van der Waals surface area contributed by atoms with Crippen molar-refractivity contribution in [2.75, 3.05) is 0 Å². The Hall–Kier alpha value is -0.700. The lowest BCUT2D eigenvalue weighted by Gasteiger charge is -2.08. The van der Waals surface area contributed by atoms with Gasteiger partial charge in [0.15, 0.2) is 0 Å². The first-order chi connectivity index (χ1) is 8.25. The van der Waals surface area contributed by atoms with Gasteiger partial charge in [0, 0.05) is 22.3 Å². The molecule has 0 spiro atoms. The smallest absolute Gasteiger partial charge is 0.217 e. The van der Waals surface area contributed by atoms with E-state index in [1.165, 1.54) is 0 Å². The zero-order valence-electron chi connectivity index (χ0n) is 8.58. The van der Waals surface area contributed by atoms with Crippen LogP contribution in [0.1, 0.15) is 41.4 Å². The van der Waals surface area contributed by atoms with Crippen molar-refractivity contribution in [3.05, 3.63) is 34.4 Å². The van der Waals surface area contributed by atoms with Gasteiger partial charge in [0.1, 0.15) is 0 Å². The highest BCUT2D eigenvalue weighted by Gasteiger charge is 2.21. The average Bonchev–Trinajstić information content (AvgIpc) is 2.26. The van der Waals surface area contributed by atoms with Crippen LogP contribution in [0.4, 0.5) is 0 Å². The van der Waals surface area contributed by atoms with Gasteiger partial charge in [-0.25, -0.2) is 0 Å². The van der Waals surface area contributed by atoms with Crippen LogP contribution in [0.25, 0.3) is 0 Å². The van der Waals surface area contributed by atoms with Crippen molar-refractivity contribution in [3.8, 4) is 0 Å². The minimum Gasteiger partial charge on any atom is -0.282 e. The Labute approximate surface area is 124 Å². The molecule has 1 aromatic carbocycles. The van der Waals surface area contributed by atoms with Crippen LogP contribution in [-0.2, 0) is 0 Å². The summed E-state index contributed by atoms with van der Waals surface area (Å²) in [6.45, 7) is 0. The van der Waals surface area contributed by atoms with Crippen molar-refractivity contribution in [2.45, 2.75) is 0 Å². The predicted molar refractivity (Wildman–Crippen MR) is 79.7 cm³/mol. The van der Waals surface area contributed by atoms with E-state index in [1.807, 2.05) is 0 Å². The van der Waals surface area contributed by atoms with Crippen molar-refractivity contribution in [1.29, 1.82) is 0 Å². The molecular formula is C10H6O4S4. The number of rotatable bonds is 4. The van der Waals surface area contributed by atoms with Crippen molar-refractivity contribution >= 4 is 71.0 Å². The third-order valence-corrected chi connectivity index (χ3v) is 3.04. The highest BCUT2D eigenvalue weighted by molar-refractivity contribution is 7.98. The molecule has 0 fully saturated rings. The first-order valence-electron chi connectivity index (χ1n) is 4.37. The molecule has 18 heavy (non-hydrogen) atoms. The first-order valence-corrected chi connectivity index (χ1v) is 6.15. The van der Waals surface area contributed by atoms with Crippen LogP contribution in [0.15, 0.2) is 12.1 Å². The summed E-state index contributed by atoms with van der Waals surface area (Å²) in [6.07, 6.45) is 0. The van der Waals surface area contributed by atoms with Crippen LogP contribution < -0.4 is 0 Å². The largest absolute Gasteiger partial charge is 0.282 e. The van der Waals surface area contributed by atoms with Gasteiger partial charge in [-0.1, -0.05) is 0 Å². The van der Waals surface area contributed by atoms with Gasteiger partial charge in [-0.05, 0) is 12.1 Å². The Balaban J connectivity index is 3.71. The van der Waals surface area contributed by atoms with Gasteiger partial charge < -0.3 is 0 Å². The topological polar surface area (TPSA) is 68.3 Å². The zero-order chi connectivity index (χ0) is 14.0. The van der Waals surface area contributed by atoms with E-state index in [-0.39, 0.29) is 22.3 Å². The summed E-state index contributed by atoms with van der Waals surface area (Å²) in [5, 5.41) is -2.88. The van der Waals surface area contributed by atoms with E-state index in [0.29, 0.717) is 0 Å². The SMILES string of the molecule is O=C(S)c1cc(C(=O)S)c(C(=O)S)cc1C(=O)S. The van der Waals surface area contributed by atoms with Gasteiger partial charge in [-0.15, -0.1) is 50.5 Å². The summed E-state index contributed by atoms with van der Waals surface area (Å²) in [7, 11) is 0. The molecular weight excluding hydrogens is 312 g/mol. The summed E-state index contributed by atoms with van der Waals surface area (Å²) in [5.41, 5.74) is -0.466. The fourth-order valence-electron chi connectivity index (χ4n) is 1.31. The molecule has 0 atom stereocenters. The highest BCUT2D eigenvalue weighted by atomic mass is 32.1. The molecule has 1 aromatic rings. The van der Waals surface area contributed by atoms with Gasteiger partial charge in [0.2, 0.25) is 20.5 Å². The van der Waals surface area contributed by atoms with E-state index >= 15 is 0 Å². The van der Waals surface area contributed by atoms with Crippen LogP contribution in [0.5, 0.6) is 0 Å². The van der Waals surface area contributed by atoms with Crippen molar-refractivity contribution in [1.82, 2.24) is 0 Å². The molecule has 0 aliphatic carbocycles. The minimum absolute atomic E-state index is 0.117. The molecule has 0 amide bonds. The molecule has 0 heterocycles. The summed E-state index contributed by atoms with van der Waals surface area (Å²) in [5.74, 6) is 0. The Bertz CT molecular complexity index is 481. The Kier molecular flexibility index (Phi) is 5.09. The number of hydrogen-bond acceptors (Lipinski definition) is 4. The quantitative estimate of drug-likeness (QED) is 0.641. The van der Waals surface area contributed by atoms with Crippen LogP contribution in [-0.4, -0.2) is 20.5 Å². The molecule has 0 saturated heterocycles. The van der Waals surface area contributed by atoms with E-state index in [4.69, 9.17) is 0 Å². The van der Waals surface area contributed by atoms with Gasteiger partial charge >= 0.3 is 0 Å². The normalized spacial score (nSPS) is 10.0. The van der Waals surface area contributed by atoms with Crippen molar-refractivity contribution < 1.29 is 19.2 Å². The molecule has 0 saturated carbocycles. The molecule has 8 heteroatoms. The van der Waals surface area contributed by atoms with Crippen molar-refractivity contribution in [3.63, 3.8) is 0 Å². The Morgan fingerprint density at radius 3 is 0.833 bits per heavy atom. The maximum absolute atomic E-state index is 11.3. The standard InChI is InChI=1S/C10H6O4S4/c11-7(15)3-1-4(8(12)16)6(10(14)18)2-5(3)9(13)17/h1-2H,(H,11,15)(H,12,16)(H,13,17)(H,14,18). The first kappa shape index (κ1) is 15.4. The van der Waals surface area contributed by atoms with E-state index in [9.17, 15) is 19.2 Å². The zero-order valence-corrected chi connectivity index (χ0v) is 12.2. The highest BCUT2D eigenvalue weighted by Crippen LogP contribution is 2.23. The van der Waals surface area contributed by atoms with Gasteiger partial charge in [0.25, 0.3) is 0 Å². The molecule has 4 nitrogen and oxygen atoms in total. The van der Waals surface area contributed by atoms with Crippen LogP contribution in [0, 0.1) is 0 Å². The van der Waals surface area contributed by atoms with Crippen LogP contribution in [0.3, 0.4) is 0 Å².